The summed E-state index contributed by atoms with van der Waals surface area (Å²) in [4.78, 5) is 0. The standard InChI is InChI=1S/C54H39N3/c1-2-14-41(15-3-1)54-55-50(35-51(56-54)47-22-11-17-39-13-5-7-19-45(39)47)40-26-24-36(25-27-40)37-28-31-43(32-29-37)57-52-23-9-8-20-48(52)49-34-42(30-33-53(49)57)46-21-10-16-38-12-4-6-18-44(38)46/h1-35,51,54-56H. The van der Waals surface area contributed by atoms with E-state index in [-0.39, 0.29) is 12.2 Å². The highest BCUT2D eigenvalue weighted by Crippen LogP contribution is 2.38. The van der Waals surface area contributed by atoms with Gasteiger partial charge in [0.15, 0.2) is 0 Å². The van der Waals surface area contributed by atoms with Crippen LogP contribution in [0.15, 0.2) is 212 Å². The molecule has 0 aliphatic carbocycles. The number of fused-ring (bicyclic) bond motifs is 5. The first-order valence-electron chi connectivity index (χ1n) is 19.7. The molecule has 0 radical (unpaired) electrons. The SMILES string of the molecule is C1=C(c2ccc(-c3ccc(-n4c5ccccc5c5cc(-c6cccc7ccccc67)ccc54)cc3)cc2)NC(c2ccccc2)NC1c1cccc2ccccc12. The molecule has 57 heavy (non-hydrogen) atoms. The highest BCUT2D eigenvalue weighted by Gasteiger charge is 2.25. The van der Waals surface area contributed by atoms with Gasteiger partial charge in [-0.1, -0.05) is 176 Å². The minimum atomic E-state index is -0.0342. The first-order chi connectivity index (χ1) is 28.2. The molecule has 2 unspecified atom stereocenters. The van der Waals surface area contributed by atoms with Gasteiger partial charge in [-0.05, 0) is 96.9 Å². The first-order valence-corrected chi connectivity index (χ1v) is 19.7. The number of para-hydroxylation sites is 1. The monoisotopic (exact) mass is 729 g/mol. The zero-order chi connectivity index (χ0) is 37.7. The van der Waals surface area contributed by atoms with Gasteiger partial charge in [0.05, 0.1) is 17.1 Å². The third kappa shape index (κ3) is 5.88. The second kappa shape index (κ2) is 13.8. The molecule has 0 saturated carbocycles. The molecule has 0 saturated heterocycles. The molecule has 10 aromatic rings. The zero-order valence-electron chi connectivity index (χ0n) is 31.3. The highest BCUT2D eigenvalue weighted by atomic mass is 15.2. The first kappa shape index (κ1) is 33.2. The second-order valence-corrected chi connectivity index (χ2v) is 15.0. The Kier molecular flexibility index (Phi) is 8.04. The van der Waals surface area contributed by atoms with Gasteiger partial charge in [0, 0.05) is 22.2 Å². The van der Waals surface area contributed by atoms with Crippen LogP contribution >= 0.6 is 0 Å². The van der Waals surface area contributed by atoms with Crippen LogP contribution < -0.4 is 10.6 Å². The Balaban J connectivity index is 0.922. The van der Waals surface area contributed by atoms with Crippen molar-refractivity contribution in [1.29, 1.82) is 0 Å². The summed E-state index contributed by atoms with van der Waals surface area (Å²) < 4.78 is 2.40. The van der Waals surface area contributed by atoms with Gasteiger partial charge < -0.3 is 9.88 Å². The number of nitrogens with zero attached hydrogens (tertiary/aromatic N) is 1. The average Bonchev–Trinajstić information content (AvgIpc) is 3.62. The topological polar surface area (TPSA) is 29.0 Å². The normalized spacial score (nSPS) is 15.5. The van der Waals surface area contributed by atoms with Crippen LogP contribution in [-0.4, -0.2) is 4.57 Å². The van der Waals surface area contributed by atoms with Gasteiger partial charge in [-0.25, -0.2) is 0 Å². The predicted molar refractivity (Wildman–Crippen MR) is 239 cm³/mol. The lowest BCUT2D eigenvalue weighted by Gasteiger charge is -2.33. The van der Waals surface area contributed by atoms with E-state index in [1.165, 1.54) is 76.7 Å². The van der Waals surface area contributed by atoms with Crippen molar-refractivity contribution in [2.24, 2.45) is 0 Å². The van der Waals surface area contributed by atoms with E-state index in [0.29, 0.717) is 0 Å². The minimum Gasteiger partial charge on any atom is -0.366 e. The van der Waals surface area contributed by atoms with Crippen LogP contribution in [0, 0.1) is 0 Å². The summed E-state index contributed by atoms with van der Waals surface area (Å²) in [5.41, 5.74) is 13.2. The Morgan fingerprint density at radius 3 is 1.77 bits per heavy atom. The molecular formula is C54H39N3. The number of hydrogen-bond donors (Lipinski definition) is 2. The van der Waals surface area contributed by atoms with E-state index in [9.17, 15) is 0 Å². The van der Waals surface area contributed by atoms with Crippen LogP contribution in [0.3, 0.4) is 0 Å². The summed E-state index contributed by atoms with van der Waals surface area (Å²) >= 11 is 0. The van der Waals surface area contributed by atoms with Crippen LogP contribution in [0.25, 0.3) is 77.0 Å². The van der Waals surface area contributed by atoms with Crippen LogP contribution in [0.2, 0.25) is 0 Å². The maximum absolute atomic E-state index is 3.88. The highest BCUT2D eigenvalue weighted by molar-refractivity contribution is 6.11. The Morgan fingerprint density at radius 2 is 0.982 bits per heavy atom. The number of benzene rings is 9. The number of hydrogen-bond acceptors (Lipinski definition) is 2. The average molecular weight is 730 g/mol. The molecule has 1 aliphatic heterocycles. The smallest absolute Gasteiger partial charge is 0.104 e. The number of rotatable bonds is 6. The van der Waals surface area contributed by atoms with Crippen molar-refractivity contribution in [1.82, 2.24) is 15.2 Å². The second-order valence-electron chi connectivity index (χ2n) is 15.0. The quantitative estimate of drug-likeness (QED) is 0.178. The summed E-state index contributed by atoms with van der Waals surface area (Å²) in [6.45, 7) is 0. The fraction of sp³-hybridized carbons (Fsp3) is 0.0370. The van der Waals surface area contributed by atoms with Crippen molar-refractivity contribution in [3.63, 3.8) is 0 Å². The Hall–Kier alpha value is -7.20. The van der Waals surface area contributed by atoms with Gasteiger partial charge in [0.2, 0.25) is 0 Å². The molecule has 11 rings (SSSR count). The summed E-state index contributed by atoms with van der Waals surface area (Å²) in [7, 11) is 0. The zero-order valence-corrected chi connectivity index (χ0v) is 31.3. The third-order valence-corrected chi connectivity index (χ3v) is 11.7. The van der Waals surface area contributed by atoms with Crippen LogP contribution in [0.1, 0.15) is 28.9 Å². The molecule has 0 amide bonds. The van der Waals surface area contributed by atoms with Gasteiger partial charge in [-0.2, -0.15) is 0 Å². The molecule has 2 atom stereocenters. The van der Waals surface area contributed by atoms with Crippen molar-refractivity contribution in [3.05, 3.63) is 229 Å². The van der Waals surface area contributed by atoms with Crippen molar-refractivity contribution in [3.8, 4) is 27.9 Å². The molecule has 3 heteroatoms. The lowest BCUT2D eigenvalue weighted by atomic mass is 9.94. The molecule has 0 bridgehead atoms. The van der Waals surface area contributed by atoms with E-state index in [0.717, 1.165) is 16.9 Å². The molecule has 270 valence electrons. The van der Waals surface area contributed by atoms with Gasteiger partial charge in [0.25, 0.3) is 0 Å². The van der Waals surface area contributed by atoms with Gasteiger partial charge in [-0.15, -0.1) is 0 Å². The molecule has 0 fully saturated rings. The number of nitrogens with one attached hydrogen (secondary N) is 2. The van der Waals surface area contributed by atoms with E-state index in [4.69, 9.17) is 0 Å². The summed E-state index contributed by atoms with van der Waals surface area (Å²) in [5.74, 6) is 0. The summed E-state index contributed by atoms with van der Waals surface area (Å²) in [6, 6.07) is 74.8. The Bertz CT molecular complexity index is 3110. The van der Waals surface area contributed by atoms with E-state index in [1.54, 1.807) is 0 Å². The molecular weight excluding hydrogens is 691 g/mol. The van der Waals surface area contributed by atoms with Gasteiger partial charge >= 0.3 is 0 Å². The number of aromatic nitrogens is 1. The Morgan fingerprint density at radius 1 is 0.404 bits per heavy atom. The fourth-order valence-electron chi connectivity index (χ4n) is 8.89. The van der Waals surface area contributed by atoms with Crippen molar-refractivity contribution in [2.75, 3.05) is 0 Å². The van der Waals surface area contributed by atoms with Gasteiger partial charge in [0.1, 0.15) is 6.17 Å². The molecule has 1 aliphatic rings. The molecule has 3 nitrogen and oxygen atoms in total. The minimum absolute atomic E-state index is 0.0342. The van der Waals surface area contributed by atoms with Crippen LogP contribution in [0.5, 0.6) is 0 Å². The fourth-order valence-corrected chi connectivity index (χ4v) is 8.89. The van der Waals surface area contributed by atoms with Crippen LogP contribution in [-0.2, 0) is 0 Å². The Labute approximate surface area is 332 Å². The molecule has 2 heterocycles. The maximum atomic E-state index is 3.88. The van der Waals surface area contributed by atoms with Crippen LogP contribution in [0.4, 0.5) is 0 Å². The summed E-state index contributed by atoms with van der Waals surface area (Å²) in [5, 5.41) is 15.3. The maximum Gasteiger partial charge on any atom is 0.104 e. The van der Waals surface area contributed by atoms with E-state index in [2.05, 4.69) is 228 Å². The van der Waals surface area contributed by atoms with Gasteiger partial charge in [-0.3, -0.25) is 5.32 Å². The molecule has 2 N–H and O–H groups in total. The molecule has 9 aromatic carbocycles. The van der Waals surface area contributed by atoms with Crippen molar-refractivity contribution >= 4 is 49.0 Å². The van der Waals surface area contributed by atoms with E-state index >= 15 is 0 Å². The largest absolute Gasteiger partial charge is 0.366 e. The predicted octanol–water partition coefficient (Wildman–Crippen LogP) is 13.4. The third-order valence-electron chi connectivity index (χ3n) is 11.7. The lowest BCUT2D eigenvalue weighted by molar-refractivity contribution is 0.444. The lowest BCUT2D eigenvalue weighted by Crippen LogP contribution is -2.39. The summed E-state index contributed by atoms with van der Waals surface area (Å²) in [6.07, 6.45) is 2.30. The van der Waals surface area contributed by atoms with Crippen molar-refractivity contribution in [2.45, 2.75) is 12.2 Å². The molecule has 0 spiro atoms. The van der Waals surface area contributed by atoms with Crippen molar-refractivity contribution < 1.29 is 0 Å². The van der Waals surface area contributed by atoms with E-state index in [1.807, 2.05) is 0 Å². The molecule has 1 aromatic heterocycles. The van der Waals surface area contributed by atoms with E-state index < -0.39 is 0 Å².